The van der Waals surface area contributed by atoms with Crippen LogP contribution in [-0.4, -0.2) is 37.1 Å². The summed E-state index contributed by atoms with van der Waals surface area (Å²) in [6.45, 7) is 5.03. The van der Waals surface area contributed by atoms with E-state index in [9.17, 15) is 0 Å². The summed E-state index contributed by atoms with van der Waals surface area (Å²) in [5.41, 5.74) is 0. The quantitative estimate of drug-likeness (QED) is 0.820. The Morgan fingerprint density at radius 3 is 2.68 bits per heavy atom. The molecule has 0 radical (unpaired) electrons. The fourth-order valence-corrected chi connectivity index (χ4v) is 4.87. The van der Waals surface area contributed by atoms with Crippen molar-refractivity contribution in [3.05, 3.63) is 0 Å². The van der Waals surface area contributed by atoms with Gasteiger partial charge in [-0.1, -0.05) is 12.8 Å². The predicted octanol–water partition coefficient (Wildman–Crippen LogP) is 3.28. The molecule has 5 atom stereocenters. The first-order valence-corrected chi connectivity index (χ1v) is 8.66. The summed E-state index contributed by atoms with van der Waals surface area (Å²) < 4.78 is 0. The molecule has 2 bridgehead atoms. The van der Waals surface area contributed by atoms with Crippen LogP contribution in [0.3, 0.4) is 0 Å². The van der Waals surface area contributed by atoms with Crippen molar-refractivity contribution in [2.75, 3.05) is 20.1 Å². The molecule has 0 aromatic carbocycles. The third-order valence-corrected chi connectivity index (χ3v) is 6.20. The number of hydrogen-bond donors (Lipinski definition) is 1. The average molecular weight is 264 g/mol. The van der Waals surface area contributed by atoms with Gasteiger partial charge in [-0.25, -0.2) is 0 Å². The van der Waals surface area contributed by atoms with Crippen LogP contribution in [-0.2, 0) is 0 Å². The Bertz CT molecular complexity index is 285. The van der Waals surface area contributed by atoms with Gasteiger partial charge in [-0.15, -0.1) is 0 Å². The van der Waals surface area contributed by atoms with Crippen molar-refractivity contribution in [2.24, 2.45) is 17.8 Å². The van der Waals surface area contributed by atoms with Crippen molar-refractivity contribution >= 4 is 0 Å². The molecule has 2 aliphatic carbocycles. The molecule has 19 heavy (non-hydrogen) atoms. The molecule has 5 unspecified atom stereocenters. The summed E-state index contributed by atoms with van der Waals surface area (Å²) in [6, 6.07) is 1.53. The molecule has 0 aromatic heterocycles. The topological polar surface area (TPSA) is 15.3 Å². The summed E-state index contributed by atoms with van der Waals surface area (Å²) in [7, 11) is 2.36. The molecule has 2 heteroatoms. The third-order valence-electron chi connectivity index (χ3n) is 6.20. The third kappa shape index (κ3) is 3.33. The first-order chi connectivity index (χ1) is 9.22. The van der Waals surface area contributed by atoms with Crippen LogP contribution < -0.4 is 5.32 Å². The number of fused-ring (bicyclic) bond motifs is 2. The molecule has 2 saturated carbocycles. The molecule has 3 rings (SSSR count). The van der Waals surface area contributed by atoms with E-state index in [-0.39, 0.29) is 0 Å². The minimum Gasteiger partial charge on any atom is -0.314 e. The molecule has 3 fully saturated rings. The van der Waals surface area contributed by atoms with Crippen molar-refractivity contribution < 1.29 is 0 Å². The Morgan fingerprint density at radius 1 is 1.16 bits per heavy atom. The van der Waals surface area contributed by atoms with E-state index in [0.717, 1.165) is 29.8 Å². The van der Waals surface area contributed by atoms with Crippen LogP contribution in [0.15, 0.2) is 0 Å². The van der Waals surface area contributed by atoms with Crippen molar-refractivity contribution in [1.29, 1.82) is 0 Å². The number of piperidine rings is 1. The van der Waals surface area contributed by atoms with Gasteiger partial charge in [0, 0.05) is 18.6 Å². The molecule has 2 nitrogen and oxygen atoms in total. The second-order valence-corrected chi connectivity index (χ2v) is 7.61. The van der Waals surface area contributed by atoms with E-state index in [1.807, 2.05) is 0 Å². The van der Waals surface area contributed by atoms with Crippen LogP contribution in [0.1, 0.15) is 58.3 Å². The molecule has 1 aliphatic heterocycles. The highest BCUT2D eigenvalue weighted by Gasteiger charge is 2.39. The zero-order valence-corrected chi connectivity index (χ0v) is 12.9. The minimum atomic E-state index is 0.745. The first-order valence-electron chi connectivity index (χ1n) is 8.66. The molecule has 0 amide bonds. The number of hydrogen-bond acceptors (Lipinski definition) is 2. The van der Waals surface area contributed by atoms with Crippen LogP contribution in [0.5, 0.6) is 0 Å². The van der Waals surface area contributed by atoms with Crippen LogP contribution in [0.25, 0.3) is 0 Å². The van der Waals surface area contributed by atoms with Gasteiger partial charge in [-0.05, 0) is 76.8 Å². The Kier molecular flexibility index (Phi) is 4.48. The average Bonchev–Trinajstić information content (AvgIpc) is 3.02. The Morgan fingerprint density at radius 2 is 2.05 bits per heavy atom. The van der Waals surface area contributed by atoms with E-state index >= 15 is 0 Å². The lowest BCUT2D eigenvalue weighted by Gasteiger charge is -2.34. The largest absolute Gasteiger partial charge is 0.314 e. The van der Waals surface area contributed by atoms with Crippen LogP contribution >= 0.6 is 0 Å². The monoisotopic (exact) mass is 264 g/mol. The predicted molar refractivity (Wildman–Crippen MR) is 81.3 cm³/mol. The van der Waals surface area contributed by atoms with Gasteiger partial charge in [-0.3, -0.25) is 0 Å². The lowest BCUT2D eigenvalue weighted by molar-refractivity contribution is 0.162. The normalized spacial score (nSPS) is 39.9. The van der Waals surface area contributed by atoms with Crippen LogP contribution in [0.4, 0.5) is 0 Å². The maximum absolute atomic E-state index is 3.70. The summed E-state index contributed by atoms with van der Waals surface area (Å²) in [5.74, 6) is 3.19. The first kappa shape index (κ1) is 13.9. The fraction of sp³-hybridized carbons (Fsp3) is 1.00. The van der Waals surface area contributed by atoms with Gasteiger partial charge < -0.3 is 10.2 Å². The molecular formula is C17H32N2. The summed E-state index contributed by atoms with van der Waals surface area (Å²) in [4.78, 5) is 2.65. The molecule has 3 aliphatic rings. The highest BCUT2D eigenvalue weighted by molar-refractivity contribution is 4.91. The Hall–Kier alpha value is -0.0800. The minimum absolute atomic E-state index is 0.745. The lowest BCUT2D eigenvalue weighted by Crippen LogP contribution is -2.42. The summed E-state index contributed by atoms with van der Waals surface area (Å²) >= 11 is 0. The van der Waals surface area contributed by atoms with Crippen LogP contribution in [0, 0.1) is 17.8 Å². The van der Waals surface area contributed by atoms with Gasteiger partial charge >= 0.3 is 0 Å². The maximum atomic E-state index is 3.70. The van der Waals surface area contributed by atoms with E-state index in [2.05, 4.69) is 24.2 Å². The fourth-order valence-electron chi connectivity index (χ4n) is 4.87. The maximum Gasteiger partial charge on any atom is 0.00818 e. The van der Waals surface area contributed by atoms with Gasteiger partial charge in [0.2, 0.25) is 0 Å². The molecule has 1 saturated heterocycles. The van der Waals surface area contributed by atoms with Gasteiger partial charge in [0.25, 0.3) is 0 Å². The van der Waals surface area contributed by atoms with Gasteiger partial charge in [0.15, 0.2) is 0 Å². The smallest absolute Gasteiger partial charge is 0.00818 e. The Balaban J connectivity index is 1.42. The van der Waals surface area contributed by atoms with Crippen LogP contribution in [0.2, 0.25) is 0 Å². The van der Waals surface area contributed by atoms with E-state index in [1.54, 1.807) is 6.42 Å². The van der Waals surface area contributed by atoms with E-state index in [0.29, 0.717) is 0 Å². The summed E-state index contributed by atoms with van der Waals surface area (Å²) in [5, 5.41) is 3.70. The van der Waals surface area contributed by atoms with E-state index in [4.69, 9.17) is 0 Å². The molecular weight excluding hydrogens is 232 g/mol. The number of nitrogens with one attached hydrogen (secondary N) is 1. The number of rotatable bonds is 5. The molecule has 110 valence electrons. The van der Waals surface area contributed by atoms with Crippen molar-refractivity contribution in [3.8, 4) is 0 Å². The zero-order valence-electron chi connectivity index (χ0n) is 12.9. The van der Waals surface area contributed by atoms with E-state index < -0.39 is 0 Å². The van der Waals surface area contributed by atoms with Gasteiger partial charge in [-0.2, -0.15) is 0 Å². The van der Waals surface area contributed by atoms with Crippen molar-refractivity contribution in [2.45, 2.75) is 70.4 Å². The van der Waals surface area contributed by atoms with Crippen molar-refractivity contribution in [3.63, 3.8) is 0 Å². The zero-order chi connectivity index (χ0) is 13.2. The van der Waals surface area contributed by atoms with Crippen molar-refractivity contribution in [1.82, 2.24) is 10.2 Å². The number of nitrogens with zero attached hydrogens (tertiary/aromatic N) is 1. The Labute approximate surface area is 119 Å². The molecule has 0 spiro atoms. The lowest BCUT2D eigenvalue weighted by atomic mass is 9.88. The van der Waals surface area contributed by atoms with E-state index in [1.165, 1.54) is 58.0 Å². The highest BCUT2D eigenvalue weighted by atomic mass is 15.1. The SMILES string of the molecule is CC(CC1CCCCN1)N(C)CC1CC2CCC1C2. The molecule has 0 aromatic rings. The second-order valence-electron chi connectivity index (χ2n) is 7.61. The van der Waals surface area contributed by atoms with Gasteiger partial charge in [0.05, 0.1) is 0 Å². The van der Waals surface area contributed by atoms with Gasteiger partial charge in [0.1, 0.15) is 0 Å². The summed E-state index contributed by atoms with van der Waals surface area (Å²) in [6.07, 6.45) is 11.7. The highest BCUT2D eigenvalue weighted by Crippen LogP contribution is 2.48. The molecule has 1 heterocycles. The standard InChI is InChI=1S/C17H32N2/c1-13(9-17-5-3-4-8-18-17)19(2)12-16-11-14-6-7-15(16)10-14/h13-18H,3-12H2,1-2H3. The second kappa shape index (κ2) is 6.13. The molecule has 1 N–H and O–H groups in total.